The maximum absolute atomic E-state index is 10.6. The molecule has 3 heteroatoms. The van der Waals surface area contributed by atoms with Crippen molar-refractivity contribution in [1.29, 1.82) is 0 Å². The van der Waals surface area contributed by atoms with Crippen LogP contribution in [0.2, 0.25) is 0 Å². The molecule has 106 valence electrons. The topological polar surface area (TPSA) is 40.5 Å². The summed E-state index contributed by atoms with van der Waals surface area (Å²) in [6, 6.07) is 9.29. The number of benzene rings is 1. The fourth-order valence-corrected chi connectivity index (χ4v) is 2.35. The molecule has 0 aliphatic rings. The van der Waals surface area contributed by atoms with E-state index in [1.165, 1.54) is 11.1 Å². The summed E-state index contributed by atoms with van der Waals surface area (Å²) < 4.78 is 0. The maximum Gasteiger partial charge on any atom is 0.303 e. The average molecular weight is 263 g/mol. The SMILES string of the molecule is Cc1ccc(C(C)N(CCCC(=O)O)C(C)C)cc1. The number of carbonyl (C=O) groups is 1. The molecule has 1 N–H and O–H groups in total. The van der Waals surface area contributed by atoms with Gasteiger partial charge in [0.05, 0.1) is 0 Å². The van der Waals surface area contributed by atoms with Gasteiger partial charge in [-0.1, -0.05) is 29.8 Å². The highest BCUT2D eigenvalue weighted by atomic mass is 16.4. The molecule has 0 fully saturated rings. The van der Waals surface area contributed by atoms with Crippen LogP contribution in [0.25, 0.3) is 0 Å². The van der Waals surface area contributed by atoms with Gasteiger partial charge in [-0.3, -0.25) is 9.69 Å². The number of aryl methyl sites for hydroxylation is 1. The van der Waals surface area contributed by atoms with E-state index in [4.69, 9.17) is 5.11 Å². The average Bonchev–Trinajstić information content (AvgIpc) is 2.34. The first-order valence-corrected chi connectivity index (χ1v) is 6.96. The van der Waals surface area contributed by atoms with Gasteiger partial charge in [0.15, 0.2) is 0 Å². The van der Waals surface area contributed by atoms with Crippen LogP contribution in [-0.2, 0) is 4.79 Å². The Morgan fingerprint density at radius 2 is 1.79 bits per heavy atom. The van der Waals surface area contributed by atoms with Gasteiger partial charge in [0.25, 0.3) is 0 Å². The van der Waals surface area contributed by atoms with Crippen LogP contribution in [0, 0.1) is 6.92 Å². The van der Waals surface area contributed by atoms with Crippen molar-refractivity contribution >= 4 is 5.97 Å². The summed E-state index contributed by atoms with van der Waals surface area (Å²) in [5, 5.41) is 8.73. The van der Waals surface area contributed by atoms with Crippen molar-refractivity contribution in [2.45, 2.75) is 52.6 Å². The molecule has 19 heavy (non-hydrogen) atoms. The Bertz CT molecular complexity index is 398. The number of aliphatic carboxylic acids is 1. The van der Waals surface area contributed by atoms with Crippen molar-refractivity contribution in [2.75, 3.05) is 6.54 Å². The number of hydrogen-bond acceptors (Lipinski definition) is 2. The normalized spacial score (nSPS) is 12.9. The van der Waals surface area contributed by atoms with Crippen molar-refractivity contribution in [3.63, 3.8) is 0 Å². The van der Waals surface area contributed by atoms with Gasteiger partial charge < -0.3 is 5.11 Å². The van der Waals surface area contributed by atoms with Crippen molar-refractivity contribution in [2.24, 2.45) is 0 Å². The summed E-state index contributed by atoms with van der Waals surface area (Å²) in [7, 11) is 0. The largest absolute Gasteiger partial charge is 0.481 e. The highest BCUT2D eigenvalue weighted by molar-refractivity contribution is 5.66. The lowest BCUT2D eigenvalue weighted by atomic mass is 10.0. The summed E-state index contributed by atoms with van der Waals surface area (Å²) in [5.74, 6) is -0.716. The van der Waals surface area contributed by atoms with Gasteiger partial charge in [-0.2, -0.15) is 0 Å². The molecule has 1 rings (SSSR count). The molecule has 3 nitrogen and oxygen atoms in total. The molecule has 0 radical (unpaired) electrons. The quantitative estimate of drug-likeness (QED) is 0.816. The van der Waals surface area contributed by atoms with Gasteiger partial charge in [-0.25, -0.2) is 0 Å². The molecule has 1 unspecified atom stereocenters. The van der Waals surface area contributed by atoms with Gasteiger partial charge in [0, 0.05) is 18.5 Å². The van der Waals surface area contributed by atoms with Crippen LogP contribution in [0.4, 0.5) is 0 Å². The van der Waals surface area contributed by atoms with E-state index < -0.39 is 5.97 Å². The maximum atomic E-state index is 10.6. The molecule has 0 heterocycles. The Balaban J connectivity index is 2.69. The van der Waals surface area contributed by atoms with E-state index in [-0.39, 0.29) is 6.42 Å². The molecule has 1 atom stereocenters. The van der Waals surface area contributed by atoms with Crippen LogP contribution in [0.1, 0.15) is 50.8 Å². The van der Waals surface area contributed by atoms with Crippen LogP contribution >= 0.6 is 0 Å². The van der Waals surface area contributed by atoms with E-state index in [9.17, 15) is 4.79 Å². The smallest absolute Gasteiger partial charge is 0.303 e. The minimum Gasteiger partial charge on any atom is -0.481 e. The summed E-state index contributed by atoms with van der Waals surface area (Å²) in [4.78, 5) is 13.0. The summed E-state index contributed by atoms with van der Waals surface area (Å²) in [5.41, 5.74) is 2.55. The van der Waals surface area contributed by atoms with E-state index in [1.807, 2.05) is 0 Å². The number of hydrogen-bond donors (Lipinski definition) is 1. The number of carboxylic acid groups (broad SMARTS) is 1. The zero-order valence-corrected chi connectivity index (χ0v) is 12.4. The second-order valence-electron chi connectivity index (χ2n) is 5.42. The van der Waals surface area contributed by atoms with Gasteiger partial charge in [0.2, 0.25) is 0 Å². The first-order valence-electron chi connectivity index (χ1n) is 6.96. The van der Waals surface area contributed by atoms with E-state index >= 15 is 0 Å². The third-order valence-corrected chi connectivity index (χ3v) is 3.53. The van der Waals surface area contributed by atoms with Crippen LogP contribution in [0.3, 0.4) is 0 Å². The van der Waals surface area contributed by atoms with Crippen LogP contribution in [-0.4, -0.2) is 28.6 Å². The standard InChI is InChI=1S/C16H25NO2/c1-12(2)17(11-5-6-16(18)19)14(4)15-9-7-13(3)8-10-15/h7-10,12,14H,5-6,11H2,1-4H3,(H,18,19). The zero-order valence-electron chi connectivity index (χ0n) is 12.4. The van der Waals surface area contributed by atoms with E-state index in [0.29, 0.717) is 18.5 Å². The van der Waals surface area contributed by atoms with Gasteiger partial charge in [0.1, 0.15) is 0 Å². The van der Waals surface area contributed by atoms with Crippen molar-refractivity contribution in [3.8, 4) is 0 Å². The fourth-order valence-electron chi connectivity index (χ4n) is 2.35. The highest BCUT2D eigenvalue weighted by Crippen LogP contribution is 2.23. The molecular formula is C16H25NO2. The van der Waals surface area contributed by atoms with Crippen molar-refractivity contribution in [3.05, 3.63) is 35.4 Å². The van der Waals surface area contributed by atoms with Crippen LogP contribution < -0.4 is 0 Å². The first kappa shape index (κ1) is 15.7. The number of rotatable bonds is 7. The minimum absolute atomic E-state index is 0.240. The van der Waals surface area contributed by atoms with E-state index in [0.717, 1.165) is 6.54 Å². The van der Waals surface area contributed by atoms with Crippen molar-refractivity contribution < 1.29 is 9.90 Å². The third kappa shape index (κ3) is 5.03. The highest BCUT2D eigenvalue weighted by Gasteiger charge is 2.18. The predicted octanol–water partition coefficient (Wildman–Crippen LogP) is 3.63. The summed E-state index contributed by atoms with van der Waals surface area (Å²) in [6.45, 7) is 9.41. The lowest BCUT2D eigenvalue weighted by molar-refractivity contribution is -0.137. The molecule has 0 aliphatic carbocycles. The van der Waals surface area contributed by atoms with Crippen LogP contribution in [0.5, 0.6) is 0 Å². The van der Waals surface area contributed by atoms with E-state index in [2.05, 4.69) is 56.9 Å². The van der Waals surface area contributed by atoms with Gasteiger partial charge in [-0.15, -0.1) is 0 Å². The molecule has 0 saturated carbocycles. The Hall–Kier alpha value is -1.35. The van der Waals surface area contributed by atoms with Crippen LogP contribution in [0.15, 0.2) is 24.3 Å². The molecule has 0 aromatic heterocycles. The molecule has 1 aromatic carbocycles. The molecular weight excluding hydrogens is 238 g/mol. The molecule has 0 aliphatic heterocycles. The Morgan fingerprint density at radius 3 is 2.26 bits per heavy atom. The molecule has 1 aromatic rings. The minimum atomic E-state index is -0.716. The summed E-state index contributed by atoms with van der Waals surface area (Å²) in [6.07, 6.45) is 0.938. The fraction of sp³-hybridized carbons (Fsp3) is 0.562. The molecule has 0 amide bonds. The Labute approximate surface area is 116 Å². The second-order valence-corrected chi connectivity index (χ2v) is 5.42. The first-order chi connectivity index (χ1) is 8.91. The second kappa shape index (κ2) is 7.29. The Kier molecular flexibility index (Phi) is 6.03. The lowest BCUT2D eigenvalue weighted by Crippen LogP contribution is -2.34. The lowest BCUT2D eigenvalue weighted by Gasteiger charge is -2.33. The summed E-state index contributed by atoms with van der Waals surface area (Å²) >= 11 is 0. The Morgan fingerprint density at radius 1 is 1.21 bits per heavy atom. The van der Waals surface area contributed by atoms with Crippen molar-refractivity contribution in [1.82, 2.24) is 4.90 Å². The molecule has 0 spiro atoms. The molecule has 0 saturated heterocycles. The zero-order chi connectivity index (χ0) is 14.4. The van der Waals surface area contributed by atoms with Gasteiger partial charge in [-0.05, 0) is 46.2 Å². The third-order valence-electron chi connectivity index (χ3n) is 3.53. The number of nitrogens with zero attached hydrogens (tertiary/aromatic N) is 1. The monoisotopic (exact) mass is 263 g/mol. The number of carboxylic acids is 1. The molecule has 0 bridgehead atoms. The van der Waals surface area contributed by atoms with E-state index in [1.54, 1.807) is 0 Å². The predicted molar refractivity (Wildman–Crippen MR) is 78.3 cm³/mol. The van der Waals surface area contributed by atoms with Gasteiger partial charge >= 0.3 is 5.97 Å².